The van der Waals surface area contributed by atoms with Gasteiger partial charge in [0.1, 0.15) is 0 Å². The fraction of sp³-hybridized carbons (Fsp3) is 0.164. The Kier molecular flexibility index (Phi) is 8.86. The van der Waals surface area contributed by atoms with Crippen molar-refractivity contribution in [1.82, 2.24) is 0 Å². The van der Waals surface area contributed by atoms with E-state index in [1.54, 1.807) is 0 Å². The number of rotatable bonds is 7. The number of hydrogen-bond acceptors (Lipinski definition) is 2. The van der Waals surface area contributed by atoms with Crippen molar-refractivity contribution in [3.63, 3.8) is 0 Å². The summed E-state index contributed by atoms with van der Waals surface area (Å²) in [5.41, 5.74) is 16.4. The molecule has 1 heterocycles. The summed E-state index contributed by atoms with van der Waals surface area (Å²) < 4.78 is 13.5. The van der Waals surface area contributed by atoms with Gasteiger partial charge < -0.3 is 9.31 Å². The van der Waals surface area contributed by atoms with Gasteiger partial charge in [-0.2, -0.15) is 0 Å². The summed E-state index contributed by atoms with van der Waals surface area (Å²) in [6.45, 7) is 8.52. The molecule has 10 rings (SSSR count). The van der Waals surface area contributed by atoms with E-state index in [9.17, 15) is 0 Å². The van der Waals surface area contributed by atoms with Crippen molar-refractivity contribution in [2.75, 3.05) is 0 Å². The molecular formula is C55H47BO2. The maximum Gasteiger partial charge on any atom is 0.494 e. The van der Waals surface area contributed by atoms with Gasteiger partial charge in [-0.25, -0.2) is 0 Å². The minimum Gasteiger partial charge on any atom is -0.399 e. The van der Waals surface area contributed by atoms with Crippen LogP contribution in [0, 0.1) is 0 Å². The average molecular weight is 751 g/mol. The lowest BCUT2D eigenvalue weighted by Gasteiger charge is -2.36. The van der Waals surface area contributed by atoms with Crippen molar-refractivity contribution in [3.8, 4) is 44.5 Å². The second kappa shape index (κ2) is 14.1. The van der Waals surface area contributed by atoms with E-state index in [4.69, 9.17) is 9.31 Å². The first-order chi connectivity index (χ1) is 28.2. The summed E-state index contributed by atoms with van der Waals surface area (Å²) in [4.78, 5) is 0. The van der Waals surface area contributed by atoms with Crippen LogP contribution in [0.1, 0.15) is 68.4 Å². The van der Waals surface area contributed by atoms with Gasteiger partial charge in [0.05, 0.1) is 16.6 Å². The lowest BCUT2D eigenvalue weighted by molar-refractivity contribution is 0.00578. The standard InChI is InChI=1S/C55H47BO2/c1-53(2)54(3,4)58-56(57-53)48-29-30-50-49-27-17-18-28-51(49)55(52(50)37-48,46-33-42(38-19-9-5-10-20-38)31-43(34-46)39-21-11-6-12-22-39)47-35-44(40-23-13-7-14-24-40)32-45(36-47)41-25-15-8-16-26-41/h5-7,9-15,17-37H,8,16H2,1-4H3. The van der Waals surface area contributed by atoms with Crippen LogP contribution in [0.3, 0.4) is 0 Å². The maximum atomic E-state index is 6.76. The zero-order valence-electron chi connectivity index (χ0n) is 33.7. The Balaban J connectivity index is 1.33. The normalized spacial score (nSPS) is 18.8. The second-order valence-corrected chi connectivity index (χ2v) is 17.0. The van der Waals surface area contributed by atoms with Crippen LogP contribution in [-0.4, -0.2) is 18.3 Å². The minimum atomic E-state index is -0.710. The van der Waals surface area contributed by atoms with Crippen molar-refractivity contribution >= 4 is 18.2 Å². The van der Waals surface area contributed by atoms with Crippen molar-refractivity contribution < 1.29 is 9.31 Å². The topological polar surface area (TPSA) is 18.5 Å². The van der Waals surface area contributed by atoms with Crippen molar-refractivity contribution in [3.05, 3.63) is 216 Å². The van der Waals surface area contributed by atoms with Crippen LogP contribution in [-0.2, 0) is 14.7 Å². The van der Waals surface area contributed by atoms with Gasteiger partial charge in [0.25, 0.3) is 0 Å². The van der Waals surface area contributed by atoms with Crippen LogP contribution in [0.25, 0.3) is 50.1 Å². The molecule has 0 bridgehead atoms. The van der Waals surface area contributed by atoms with Gasteiger partial charge >= 0.3 is 7.12 Å². The molecule has 282 valence electrons. The Labute approximate surface area is 343 Å². The van der Waals surface area contributed by atoms with Crippen LogP contribution in [0.15, 0.2) is 188 Å². The summed E-state index contributed by atoms with van der Waals surface area (Å²) in [5.74, 6) is 0. The molecule has 3 aliphatic rings. The highest BCUT2D eigenvalue weighted by atomic mass is 16.7. The molecule has 0 radical (unpaired) electrons. The van der Waals surface area contributed by atoms with Crippen LogP contribution < -0.4 is 5.46 Å². The van der Waals surface area contributed by atoms with Gasteiger partial charge in [0.2, 0.25) is 0 Å². The molecular weight excluding hydrogens is 703 g/mol. The molecule has 1 unspecified atom stereocenters. The largest absolute Gasteiger partial charge is 0.494 e. The van der Waals surface area contributed by atoms with Gasteiger partial charge in [0.15, 0.2) is 0 Å². The molecule has 2 aliphatic carbocycles. The molecule has 2 nitrogen and oxygen atoms in total. The van der Waals surface area contributed by atoms with Crippen molar-refractivity contribution in [2.45, 2.75) is 57.2 Å². The van der Waals surface area contributed by atoms with E-state index >= 15 is 0 Å². The summed E-state index contributed by atoms with van der Waals surface area (Å²) in [6, 6.07) is 63.0. The van der Waals surface area contributed by atoms with Crippen LogP contribution in [0.5, 0.6) is 0 Å². The van der Waals surface area contributed by atoms with Gasteiger partial charge in [0, 0.05) is 0 Å². The number of benzene rings is 7. The van der Waals surface area contributed by atoms with E-state index in [0.29, 0.717) is 0 Å². The third-order valence-electron chi connectivity index (χ3n) is 13.0. The molecule has 0 N–H and O–H groups in total. The highest BCUT2D eigenvalue weighted by Gasteiger charge is 2.53. The Morgan fingerprint density at radius 3 is 1.45 bits per heavy atom. The quantitative estimate of drug-likeness (QED) is 0.151. The van der Waals surface area contributed by atoms with Gasteiger partial charge in [-0.1, -0.05) is 152 Å². The lowest BCUT2D eigenvalue weighted by Crippen LogP contribution is -2.41. The monoisotopic (exact) mass is 750 g/mol. The van der Waals surface area contributed by atoms with Gasteiger partial charge in [-0.3, -0.25) is 0 Å². The van der Waals surface area contributed by atoms with Crippen LogP contribution in [0.2, 0.25) is 0 Å². The predicted molar refractivity (Wildman–Crippen MR) is 242 cm³/mol. The average Bonchev–Trinajstić information content (AvgIpc) is 3.70. The van der Waals surface area contributed by atoms with E-state index in [2.05, 4.69) is 216 Å². The molecule has 0 saturated carbocycles. The van der Waals surface area contributed by atoms with Crippen molar-refractivity contribution in [1.29, 1.82) is 0 Å². The second-order valence-electron chi connectivity index (χ2n) is 17.0. The fourth-order valence-corrected chi connectivity index (χ4v) is 9.29. The molecule has 1 aliphatic heterocycles. The Morgan fingerprint density at radius 1 is 0.431 bits per heavy atom. The molecule has 7 aromatic carbocycles. The highest BCUT2D eigenvalue weighted by Crippen LogP contribution is 2.57. The molecule has 7 aromatic rings. The molecule has 3 heteroatoms. The molecule has 0 aromatic heterocycles. The summed E-state index contributed by atoms with van der Waals surface area (Å²) >= 11 is 0. The lowest BCUT2D eigenvalue weighted by atomic mass is 9.64. The van der Waals surface area contributed by atoms with Crippen LogP contribution in [0.4, 0.5) is 0 Å². The van der Waals surface area contributed by atoms with E-state index in [1.807, 2.05) is 0 Å². The highest BCUT2D eigenvalue weighted by molar-refractivity contribution is 6.62. The minimum absolute atomic E-state index is 0.467. The summed E-state index contributed by atoms with van der Waals surface area (Å²) in [5, 5.41) is 0. The molecule has 58 heavy (non-hydrogen) atoms. The van der Waals surface area contributed by atoms with Crippen molar-refractivity contribution in [2.24, 2.45) is 0 Å². The van der Waals surface area contributed by atoms with Gasteiger partial charge in [-0.15, -0.1) is 0 Å². The number of hydrogen-bond donors (Lipinski definition) is 0. The summed E-state index contributed by atoms with van der Waals surface area (Å²) in [6.07, 6.45) is 9.12. The first kappa shape index (κ1) is 36.4. The maximum absolute atomic E-state index is 6.76. The van der Waals surface area contributed by atoms with E-state index in [1.165, 1.54) is 77.9 Å². The summed E-state index contributed by atoms with van der Waals surface area (Å²) in [7, 11) is -0.504. The molecule has 0 amide bonds. The van der Waals surface area contributed by atoms with E-state index in [0.717, 1.165) is 18.3 Å². The fourth-order valence-electron chi connectivity index (χ4n) is 9.29. The molecule has 0 spiro atoms. The van der Waals surface area contributed by atoms with Crippen LogP contribution >= 0.6 is 0 Å². The Bertz CT molecular complexity index is 2650. The smallest absolute Gasteiger partial charge is 0.399 e. The molecule has 1 fully saturated rings. The third kappa shape index (κ3) is 6.04. The van der Waals surface area contributed by atoms with E-state index in [-0.39, 0.29) is 0 Å². The zero-order chi connectivity index (χ0) is 39.5. The first-order valence-electron chi connectivity index (χ1n) is 20.7. The third-order valence-corrected chi connectivity index (χ3v) is 13.0. The predicted octanol–water partition coefficient (Wildman–Crippen LogP) is 13.1. The Hall–Kier alpha value is -6.00. The number of allylic oxidation sites excluding steroid dienone is 4. The molecule has 1 atom stereocenters. The number of fused-ring (bicyclic) bond motifs is 3. The van der Waals surface area contributed by atoms with Gasteiger partial charge in [-0.05, 0) is 160 Å². The zero-order valence-corrected chi connectivity index (χ0v) is 33.7. The SMILES string of the molecule is CC1(C)OB(c2ccc3c(c2)C(c2cc(C4=CCCC=C4)cc(-c4ccccc4)c2)(c2cc(-c4ccccc4)cc(-c4ccccc4)c2)c2ccccc2-3)OC1(C)C. The van der Waals surface area contributed by atoms with E-state index < -0.39 is 23.7 Å². The first-order valence-corrected chi connectivity index (χ1v) is 20.7. The Morgan fingerprint density at radius 2 is 0.914 bits per heavy atom. The molecule has 1 saturated heterocycles.